The molecule has 30 heavy (non-hydrogen) atoms. The Balaban J connectivity index is 1.53. The first kappa shape index (κ1) is 20.4. The SMILES string of the molecule is Cc1cccnc1Nc1nccc([C@@H]2CCCN(S(=O)(=O)c3ccc(F)cc3)C2)n1. The van der Waals surface area contributed by atoms with Crippen LogP contribution >= 0.6 is 0 Å². The van der Waals surface area contributed by atoms with Crippen molar-refractivity contribution in [2.75, 3.05) is 18.4 Å². The minimum absolute atomic E-state index is 0.0534. The smallest absolute Gasteiger partial charge is 0.243 e. The Labute approximate surface area is 175 Å². The van der Waals surface area contributed by atoms with Gasteiger partial charge in [-0.25, -0.2) is 27.8 Å². The Morgan fingerprint density at radius 2 is 1.90 bits per heavy atom. The van der Waals surface area contributed by atoms with Gasteiger partial charge in [-0.1, -0.05) is 6.07 Å². The van der Waals surface area contributed by atoms with Crippen molar-refractivity contribution in [2.45, 2.75) is 30.6 Å². The molecule has 1 aromatic carbocycles. The highest BCUT2D eigenvalue weighted by molar-refractivity contribution is 7.89. The van der Waals surface area contributed by atoms with Crippen LogP contribution in [0.4, 0.5) is 16.2 Å². The van der Waals surface area contributed by atoms with Gasteiger partial charge in [0.05, 0.1) is 10.6 Å². The second-order valence-electron chi connectivity index (χ2n) is 7.26. The lowest BCUT2D eigenvalue weighted by atomic mass is 9.96. The maximum absolute atomic E-state index is 13.2. The van der Waals surface area contributed by atoms with E-state index in [-0.39, 0.29) is 10.8 Å². The van der Waals surface area contributed by atoms with Crippen LogP contribution in [0.3, 0.4) is 0 Å². The van der Waals surface area contributed by atoms with Gasteiger partial charge in [-0.15, -0.1) is 0 Å². The van der Waals surface area contributed by atoms with Gasteiger partial charge in [0, 0.05) is 31.4 Å². The molecular formula is C21H22FN5O2S. The zero-order chi connectivity index (χ0) is 21.1. The van der Waals surface area contributed by atoms with E-state index in [1.165, 1.54) is 16.4 Å². The molecule has 1 aliphatic rings. The number of rotatable bonds is 5. The van der Waals surface area contributed by atoms with Gasteiger partial charge in [0.1, 0.15) is 11.6 Å². The molecule has 1 N–H and O–H groups in total. The second kappa shape index (κ2) is 8.45. The van der Waals surface area contributed by atoms with Crippen LogP contribution in [0.25, 0.3) is 0 Å². The van der Waals surface area contributed by atoms with E-state index in [4.69, 9.17) is 0 Å². The van der Waals surface area contributed by atoms with E-state index in [0.29, 0.717) is 24.9 Å². The Hall–Kier alpha value is -2.91. The Morgan fingerprint density at radius 3 is 2.67 bits per heavy atom. The number of hydrogen-bond acceptors (Lipinski definition) is 6. The fourth-order valence-corrected chi connectivity index (χ4v) is 5.06. The minimum atomic E-state index is -3.69. The maximum Gasteiger partial charge on any atom is 0.243 e. The van der Waals surface area contributed by atoms with Crippen LogP contribution in [-0.4, -0.2) is 40.8 Å². The molecule has 4 rings (SSSR count). The number of nitrogens with one attached hydrogen (secondary N) is 1. The van der Waals surface area contributed by atoms with Gasteiger partial charge in [-0.2, -0.15) is 4.31 Å². The summed E-state index contributed by atoms with van der Waals surface area (Å²) in [5.41, 5.74) is 1.75. The summed E-state index contributed by atoms with van der Waals surface area (Å²) in [6.45, 7) is 2.69. The Kier molecular flexibility index (Phi) is 5.74. The fourth-order valence-electron chi connectivity index (χ4n) is 3.54. The lowest BCUT2D eigenvalue weighted by Gasteiger charge is -2.31. The van der Waals surface area contributed by atoms with E-state index in [2.05, 4.69) is 20.3 Å². The largest absolute Gasteiger partial charge is 0.309 e. The average Bonchev–Trinajstić information content (AvgIpc) is 2.76. The van der Waals surface area contributed by atoms with E-state index in [9.17, 15) is 12.8 Å². The molecule has 0 radical (unpaired) electrons. The molecular weight excluding hydrogens is 405 g/mol. The summed E-state index contributed by atoms with van der Waals surface area (Å²) >= 11 is 0. The standard InChI is InChI=1S/C21H22FN5O2S/c1-15-4-2-11-23-20(15)26-21-24-12-10-19(25-21)16-5-3-13-27(14-16)30(28,29)18-8-6-17(22)7-9-18/h2,4,6-12,16H,3,5,13-14H2,1H3,(H,23,24,25,26)/t16-/m1/s1. The van der Waals surface area contributed by atoms with Crippen LogP contribution in [0.2, 0.25) is 0 Å². The summed E-state index contributed by atoms with van der Waals surface area (Å²) in [5.74, 6) is 0.587. The van der Waals surface area contributed by atoms with E-state index >= 15 is 0 Å². The van der Waals surface area contributed by atoms with Crippen molar-refractivity contribution < 1.29 is 12.8 Å². The van der Waals surface area contributed by atoms with Crippen molar-refractivity contribution in [2.24, 2.45) is 0 Å². The summed E-state index contributed by atoms with van der Waals surface area (Å²) in [4.78, 5) is 13.3. The fraction of sp³-hybridized carbons (Fsp3) is 0.286. The normalized spacial score (nSPS) is 17.6. The first-order valence-electron chi connectivity index (χ1n) is 9.71. The number of anilines is 2. The molecule has 3 aromatic rings. The Morgan fingerprint density at radius 1 is 1.10 bits per heavy atom. The molecule has 156 valence electrons. The highest BCUT2D eigenvalue weighted by Gasteiger charge is 2.31. The number of pyridine rings is 1. The van der Waals surface area contributed by atoms with Gasteiger partial charge in [-0.3, -0.25) is 0 Å². The second-order valence-corrected chi connectivity index (χ2v) is 9.19. The molecule has 9 heteroatoms. The molecule has 1 aliphatic heterocycles. The Bertz CT molecular complexity index is 1140. The highest BCUT2D eigenvalue weighted by Crippen LogP contribution is 2.30. The summed E-state index contributed by atoms with van der Waals surface area (Å²) < 4.78 is 40.6. The molecule has 2 aromatic heterocycles. The van der Waals surface area contributed by atoms with Crippen LogP contribution < -0.4 is 5.32 Å². The molecule has 1 saturated heterocycles. The van der Waals surface area contributed by atoms with Crippen molar-refractivity contribution in [3.8, 4) is 0 Å². The average molecular weight is 428 g/mol. The first-order chi connectivity index (χ1) is 14.4. The number of sulfonamides is 1. The summed E-state index contributed by atoms with van der Waals surface area (Å²) in [6, 6.07) is 10.5. The van der Waals surface area contributed by atoms with Crippen molar-refractivity contribution in [1.29, 1.82) is 0 Å². The van der Waals surface area contributed by atoms with Crippen molar-refractivity contribution >= 4 is 21.8 Å². The summed E-state index contributed by atoms with van der Waals surface area (Å²) in [6.07, 6.45) is 4.90. The molecule has 1 atom stereocenters. The van der Waals surface area contributed by atoms with Crippen LogP contribution in [0.15, 0.2) is 59.8 Å². The van der Waals surface area contributed by atoms with Crippen LogP contribution in [0, 0.1) is 12.7 Å². The van der Waals surface area contributed by atoms with E-state index in [0.717, 1.165) is 36.2 Å². The van der Waals surface area contributed by atoms with Gasteiger partial charge in [0.2, 0.25) is 16.0 Å². The van der Waals surface area contributed by atoms with E-state index < -0.39 is 15.8 Å². The van der Waals surface area contributed by atoms with Gasteiger partial charge in [0.25, 0.3) is 0 Å². The lowest BCUT2D eigenvalue weighted by Crippen LogP contribution is -2.39. The van der Waals surface area contributed by atoms with Gasteiger partial charge >= 0.3 is 0 Å². The van der Waals surface area contributed by atoms with Gasteiger partial charge in [0.15, 0.2) is 0 Å². The monoisotopic (exact) mass is 427 g/mol. The predicted molar refractivity (Wildman–Crippen MR) is 111 cm³/mol. The summed E-state index contributed by atoms with van der Waals surface area (Å²) in [5, 5.41) is 3.12. The maximum atomic E-state index is 13.2. The van der Waals surface area contributed by atoms with Gasteiger partial charge in [-0.05, 0) is 61.7 Å². The highest BCUT2D eigenvalue weighted by atomic mass is 32.2. The van der Waals surface area contributed by atoms with Crippen molar-refractivity contribution in [3.05, 3.63) is 71.9 Å². The third-order valence-electron chi connectivity index (χ3n) is 5.17. The predicted octanol–water partition coefficient (Wildman–Crippen LogP) is 3.63. The number of aryl methyl sites for hydroxylation is 1. The molecule has 0 unspecified atom stereocenters. The van der Waals surface area contributed by atoms with Crippen LogP contribution in [0.5, 0.6) is 0 Å². The third kappa shape index (κ3) is 4.31. The lowest BCUT2D eigenvalue weighted by molar-refractivity contribution is 0.312. The molecule has 0 amide bonds. The van der Waals surface area contributed by atoms with E-state index in [1.807, 2.05) is 25.1 Å². The van der Waals surface area contributed by atoms with Crippen molar-refractivity contribution in [1.82, 2.24) is 19.3 Å². The van der Waals surface area contributed by atoms with Crippen LogP contribution in [0.1, 0.15) is 30.0 Å². The molecule has 3 heterocycles. The van der Waals surface area contributed by atoms with Gasteiger partial charge < -0.3 is 5.32 Å². The number of piperidine rings is 1. The molecule has 0 spiro atoms. The molecule has 7 nitrogen and oxygen atoms in total. The molecule has 0 saturated carbocycles. The number of nitrogens with zero attached hydrogens (tertiary/aromatic N) is 4. The molecule has 1 fully saturated rings. The third-order valence-corrected chi connectivity index (χ3v) is 7.05. The summed E-state index contributed by atoms with van der Waals surface area (Å²) in [7, 11) is -3.69. The molecule has 0 aliphatic carbocycles. The van der Waals surface area contributed by atoms with Crippen molar-refractivity contribution in [3.63, 3.8) is 0 Å². The number of halogens is 1. The molecule has 0 bridgehead atoms. The zero-order valence-electron chi connectivity index (χ0n) is 16.5. The zero-order valence-corrected chi connectivity index (χ0v) is 17.3. The quantitative estimate of drug-likeness (QED) is 0.669. The van der Waals surface area contributed by atoms with Crippen LogP contribution in [-0.2, 0) is 10.0 Å². The topological polar surface area (TPSA) is 88.1 Å². The first-order valence-corrected chi connectivity index (χ1v) is 11.1. The number of benzene rings is 1. The minimum Gasteiger partial charge on any atom is -0.309 e. The van der Waals surface area contributed by atoms with E-state index in [1.54, 1.807) is 12.4 Å². The number of hydrogen-bond donors (Lipinski definition) is 1. The number of aromatic nitrogens is 3.